The Morgan fingerprint density at radius 3 is 1.83 bits per heavy atom. The first-order valence-electron chi connectivity index (χ1n) is 30.8. The Morgan fingerprint density at radius 2 is 1.19 bits per heavy atom. The fraction of sp³-hybridized carbons (Fsp3) is 0.239. The molecule has 1 saturated heterocycles. The summed E-state index contributed by atoms with van der Waals surface area (Å²) in [6.45, 7) is 0.0115. The molecule has 7 amide bonds. The molecule has 0 unspecified atom stereocenters. The number of nitrogens with one attached hydrogen (secondary N) is 9. The number of carboxylic acid groups (broad SMARTS) is 1. The summed E-state index contributed by atoms with van der Waals surface area (Å²) in [6, 6.07) is 4.38. The summed E-state index contributed by atoms with van der Waals surface area (Å²) in [5, 5.41) is 141. The van der Waals surface area contributed by atoms with Crippen LogP contribution in [0.4, 0.5) is 0 Å². The Balaban J connectivity index is 1.09. The SMILES string of the molecule is CC(=O)N[C@H]1[C@H](O[C@@H]2c3ccc(c(Cl)c3)Oc3cc4cc(c3O)Oc3ccc(cc3Cl)C[C@@H]3NC(=O)[C@H](NC(=N)N)c5ccc(O)c(c5)Oc5cc(O)cc(c5)[C@H](NC3=O)C(=O)N[C@H]4C(=O)N[C@H]3C(=O)N[C@@H]2C(=O)N[C@@H](C(=O)O)c2cc(O)cc(O)c2-c2cc3ccc2O)O[C@H](CO)[C@@H](O)[C@@H]1O. The first kappa shape index (κ1) is 70.0. The van der Waals surface area contributed by atoms with Gasteiger partial charge in [0, 0.05) is 42.2 Å². The molecular formula is C67H60Cl2N10O23. The number of rotatable bonds is 6. The maximum absolute atomic E-state index is 16.1. The number of aliphatic hydroxyl groups is 3. The van der Waals surface area contributed by atoms with E-state index in [1.54, 1.807) is 0 Å². The van der Waals surface area contributed by atoms with Crippen molar-refractivity contribution in [2.75, 3.05) is 6.61 Å². The number of aliphatic hydroxyl groups excluding tert-OH is 3. The number of nitrogens with two attached hydrogens (primary N) is 1. The van der Waals surface area contributed by atoms with Gasteiger partial charge in [-0.1, -0.05) is 47.5 Å². The molecule has 7 aromatic rings. The number of carbonyl (C=O) groups excluding carboxylic acids is 7. The average molecular weight is 1440 g/mol. The largest absolute Gasteiger partial charge is 0.508 e. The highest BCUT2D eigenvalue weighted by atomic mass is 35.5. The standard InChI is InChI=1S/C67H60Cl2N10O23/c1-23(81)72-53-57(89)56(88)46(22-80)101-66(53)102-58-27-5-9-42(36(69)15-27)100-45-18-29-17-44(55(45)87)99-41-8-2-24(10-35(41)68)11-37-59(90)74-50(28-12-30(82)19-32(13-28)98-43-16-26(4-7-39(43)85)49(60(91)73-37)79-67(70)71)62(93)76-51(29)63(94)75-48-25-3-6-38(84)33(14-25)47-34(20-31(83)21-40(47)86)52(65(96)97)77-64(95)54(58)78-61(48)92/h2-10,12-21,37,46,48-54,56-58,66,80,82-89H,11,22H2,1H3,(H,72,81)(H,73,91)(H,74,90)(H,75,94)(H,76,93)(H,77,95)(H,78,92)(H,96,97)(H4,70,71,79)/t37-,46+,48+,49+,50-,51+,52+,53+,54-,56+,57+,58+,66-/m0/s1. The molecule has 0 radical (unpaired) electrons. The van der Waals surface area contributed by atoms with Crippen LogP contribution in [0.15, 0.2) is 115 Å². The maximum Gasteiger partial charge on any atom is 0.330 e. The van der Waals surface area contributed by atoms with E-state index in [-0.39, 0.29) is 55.8 Å². The van der Waals surface area contributed by atoms with Gasteiger partial charge in [0.05, 0.1) is 16.7 Å². The van der Waals surface area contributed by atoms with Gasteiger partial charge < -0.3 is 123 Å². The number of ether oxygens (including phenoxy) is 5. The predicted octanol–water partition coefficient (Wildman–Crippen LogP) is 2.48. The third-order valence-corrected chi connectivity index (χ3v) is 17.8. The van der Waals surface area contributed by atoms with Gasteiger partial charge in [-0.2, -0.15) is 0 Å². The number of halogens is 2. The highest BCUT2D eigenvalue weighted by molar-refractivity contribution is 6.32. The Kier molecular flexibility index (Phi) is 19.3. The summed E-state index contributed by atoms with van der Waals surface area (Å²) < 4.78 is 31.2. The van der Waals surface area contributed by atoms with Crippen molar-refractivity contribution in [3.05, 3.63) is 164 Å². The zero-order valence-electron chi connectivity index (χ0n) is 52.5. The predicted molar refractivity (Wildman–Crippen MR) is 350 cm³/mol. The number of carboxylic acids is 1. The molecule has 7 aliphatic rings. The Hall–Kier alpha value is -11.9. The average Bonchev–Trinajstić information content (AvgIpc) is 0.769. The normalized spacial score (nSPS) is 24.7. The number of amides is 7. The summed E-state index contributed by atoms with van der Waals surface area (Å²) in [5.74, 6) is -18.2. The molecule has 7 heterocycles. The summed E-state index contributed by atoms with van der Waals surface area (Å²) in [5.41, 5.74) is 2.96. The lowest BCUT2D eigenvalue weighted by Gasteiger charge is -2.44. The minimum atomic E-state index is -2.40. The van der Waals surface area contributed by atoms with Crippen LogP contribution in [-0.4, -0.2) is 154 Å². The molecule has 1 fully saturated rings. The fourth-order valence-electron chi connectivity index (χ4n) is 12.4. The minimum absolute atomic E-state index is 0.0313. The van der Waals surface area contributed by atoms with Crippen molar-refractivity contribution < 1.29 is 113 Å². The van der Waals surface area contributed by atoms with Gasteiger partial charge in [-0.05, 0) is 112 Å². The van der Waals surface area contributed by atoms with Gasteiger partial charge >= 0.3 is 5.97 Å². The lowest BCUT2D eigenvalue weighted by Crippen LogP contribution is -2.65. The van der Waals surface area contributed by atoms with Gasteiger partial charge in [0.2, 0.25) is 47.1 Å². The molecule has 530 valence electrons. The van der Waals surface area contributed by atoms with Crippen LogP contribution in [-0.2, 0) is 54.3 Å². The van der Waals surface area contributed by atoms with Crippen LogP contribution in [0, 0.1) is 5.41 Å². The molecular weight excluding hydrogens is 1380 g/mol. The number of hydrogen-bond acceptors (Lipinski definition) is 23. The second kappa shape index (κ2) is 28.1. The van der Waals surface area contributed by atoms with Crippen LogP contribution in [0.25, 0.3) is 11.1 Å². The molecule has 14 rings (SSSR count). The summed E-state index contributed by atoms with van der Waals surface area (Å²) in [6.07, 6.45) is -10.3. The van der Waals surface area contributed by atoms with E-state index < -0.39 is 219 Å². The van der Waals surface area contributed by atoms with Gasteiger partial charge in [0.1, 0.15) is 107 Å². The van der Waals surface area contributed by atoms with E-state index >= 15 is 24.0 Å². The number of aliphatic carboxylic acids is 1. The van der Waals surface area contributed by atoms with E-state index in [0.29, 0.717) is 0 Å². The number of fused-ring (bicyclic) bond motifs is 14. The molecule has 21 N–H and O–H groups in total. The van der Waals surface area contributed by atoms with Gasteiger partial charge in [0.25, 0.3) is 0 Å². The van der Waals surface area contributed by atoms with E-state index in [1.165, 1.54) is 36.4 Å². The van der Waals surface area contributed by atoms with E-state index in [4.69, 9.17) is 58.0 Å². The van der Waals surface area contributed by atoms with Crippen LogP contribution in [0.5, 0.6) is 69.0 Å². The smallest absolute Gasteiger partial charge is 0.330 e. The van der Waals surface area contributed by atoms with Crippen molar-refractivity contribution in [1.29, 1.82) is 5.41 Å². The zero-order chi connectivity index (χ0) is 73.0. The highest BCUT2D eigenvalue weighted by Crippen LogP contribution is 2.49. The van der Waals surface area contributed by atoms with Crippen molar-refractivity contribution in [3.8, 4) is 80.1 Å². The molecule has 35 heteroatoms. The Morgan fingerprint density at radius 1 is 0.588 bits per heavy atom. The van der Waals surface area contributed by atoms with Crippen molar-refractivity contribution in [2.45, 2.75) is 92.4 Å². The van der Waals surface area contributed by atoms with E-state index in [9.17, 15) is 65.4 Å². The molecule has 7 aromatic carbocycles. The van der Waals surface area contributed by atoms with Gasteiger partial charge in [-0.25, -0.2) is 4.79 Å². The molecule has 33 nitrogen and oxygen atoms in total. The molecule has 102 heavy (non-hydrogen) atoms. The van der Waals surface area contributed by atoms with Crippen LogP contribution in [0.3, 0.4) is 0 Å². The van der Waals surface area contributed by atoms with Crippen LogP contribution in [0.1, 0.15) is 82.2 Å². The van der Waals surface area contributed by atoms with Crippen molar-refractivity contribution >= 4 is 76.5 Å². The minimum Gasteiger partial charge on any atom is -0.508 e. The van der Waals surface area contributed by atoms with Crippen molar-refractivity contribution in [3.63, 3.8) is 0 Å². The number of aromatic hydroxyl groups is 6. The first-order valence-corrected chi connectivity index (χ1v) is 31.5. The third kappa shape index (κ3) is 14.1. The van der Waals surface area contributed by atoms with Crippen LogP contribution in [0.2, 0.25) is 10.0 Å². The van der Waals surface area contributed by atoms with Gasteiger partial charge in [0.15, 0.2) is 41.3 Å². The van der Waals surface area contributed by atoms with Crippen molar-refractivity contribution in [2.24, 2.45) is 5.73 Å². The second-order valence-electron chi connectivity index (χ2n) is 24.2. The number of phenols is 6. The Labute approximate surface area is 584 Å². The molecule has 7 aliphatic heterocycles. The lowest BCUT2D eigenvalue weighted by molar-refractivity contribution is -0.284. The second-order valence-corrected chi connectivity index (χ2v) is 25.0. The monoisotopic (exact) mass is 1440 g/mol. The number of phenolic OH excluding ortho intramolecular Hbond substituents is 6. The maximum atomic E-state index is 16.1. The number of carbonyl (C=O) groups is 8. The summed E-state index contributed by atoms with van der Waals surface area (Å²) >= 11 is 14.1. The zero-order valence-corrected chi connectivity index (χ0v) is 54.0. The third-order valence-electron chi connectivity index (χ3n) is 17.2. The molecule has 0 spiro atoms. The summed E-state index contributed by atoms with van der Waals surface area (Å²) in [7, 11) is 0. The van der Waals surface area contributed by atoms with Crippen LogP contribution >= 0.6 is 23.2 Å². The van der Waals surface area contributed by atoms with E-state index in [1.807, 2.05) is 0 Å². The van der Waals surface area contributed by atoms with Gasteiger partial charge in [-0.15, -0.1) is 0 Å². The lowest BCUT2D eigenvalue weighted by atomic mass is 9.89. The quantitative estimate of drug-likeness (QED) is 0.0840. The Bertz CT molecular complexity index is 4660. The number of hydrogen-bond donors (Lipinski definition) is 20. The first-order chi connectivity index (χ1) is 48.5. The fourth-order valence-corrected chi connectivity index (χ4v) is 12.9. The molecule has 13 atom stereocenters. The molecule has 17 bridgehead atoms. The molecule has 0 saturated carbocycles. The van der Waals surface area contributed by atoms with Gasteiger partial charge in [-0.3, -0.25) is 39.0 Å². The van der Waals surface area contributed by atoms with E-state index in [2.05, 4.69) is 42.5 Å². The number of benzene rings is 7. The topological polar surface area (TPSA) is 531 Å². The highest BCUT2D eigenvalue weighted by Gasteiger charge is 2.49. The summed E-state index contributed by atoms with van der Waals surface area (Å²) in [4.78, 5) is 120. The molecule has 0 aromatic heterocycles. The van der Waals surface area contributed by atoms with Crippen molar-refractivity contribution in [1.82, 2.24) is 42.5 Å². The van der Waals surface area contributed by atoms with E-state index in [0.717, 1.165) is 85.8 Å². The van der Waals surface area contributed by atoms with Crippen LogP contribution < -0.4 is 62.5 Å². The number of guanidine groups is 1. The molecule has 0 aliphatic carbocycles.